The lowest BCUT2D eigenvalue weighted by atomic mass is 10.3. The fraction of sp³-hybridized carbons (Fsp3) is 0.667. The quantitative estimate of drug-likeness (QED) is 0.404. The fourth-order valence-electron chi connectivity index (χ4n) is 0.573. The van der Waals surface area contributed by atoms with Crippen molar-refractivity contribution in [2.45, 2.75) is 19.9 Å². The predicted molar refractivity (Wildman–Crippen MR) is 40.8 cm³/mol. The standard InChI is InChI=1S/C6H13N3O/c1-4(6(10)8-3)9-5(2)7/h4H,1-3H3,(H2,7,9)(H,8,10). The lowest BCUT2D eigenvalue weighted by molar-refractivity contribution is -0.121. The van der Waals surface area contributed by atoms with E-state index in [0.29, 0.717) is 5.84 Å². The number of carbonyl (C=O) groups excluding carboxylic acids is 1. The Morgan fingerprint density at radius 2 is 2.20 bits per heavy atom. The normalized spacial score (nSPS) is 14.5. The van der Waals surface area contributed by atoms with Crippen LogP contribution in [-0.2, 0) is 4.79 Å². The minimum atomic E-state index is -0.380. The third-order valence-corrected chi connectivity index (χ3v) is 1.02. The van der Waals surface area contributed by atoms with Crippen molar-refractivity contribution < 1.29 is 4.79 Å². The van der Waals surface area contributed by atoms with Crippen LogP contribution >= 0.6 is 0 Å². The van der Waals surface area contributed by atoms with Crippen molar-refractivity contribution in [3.63, 3.8) is 0 Å². The Morgan fingerprint density at radius 3 is 2.50 bits per heavy atom. The van der Waals surface area contributed by atoms with Crippen molar-refractivity contribution >= 4 is 11.7 Å². The summed E-state index contributed by atoms with van der Waals surface area (Å²) in [5, 5.41) is 2.47. The first-order chi connectivity index (χ1) is 4.57. The Labute approximate surface area is 60.5 Å². The zero-order chi connectivity index (χ0) is 8.15. The van der Waals surface area contributed by atoms with Crippen LogP contribution < -0.4 is 11.1 Å². The van der Waals surface area contributed by atoms with Crippen molar-refractivity contribution in [3.8, 4) is 0 Å². The van der Waals surface area contributed by atoms with Crippen LogP contribution in [0, 0.1) is 0 Å². The van der Waals surface area contributed by atoms with E-state index in [1.165, 1.54) is 0 Å². The molecule has 1 amide bonds. The van der Waals surface area contributed by atoms with E-state index in [4.69, 9.17) is 5.73 Å². The maximum atomic E-state index is 10.8. The molecule has 0 aliphatic heterocycles. The molecule has 0 radical (unpaired) electrons. The summed E-state index contributed by atoms with van der Waals surface area (Å²) >= 11 is 0. The van der Waals surface area contributed by atoms with Gasteiger partial charge in [-0.3, -0.25) is 9.79 Å². The SMILES string of the molecule is CNC(=O)C(C)N=C(C)N. The van der Waals surface area contributed by atoms with E-state index in [9.17, 15) is 4.79 Å². The molecule has 1 atom stereocenters. The zero-order valence-electron chi connectivity index (χ0n) is 6.51. The van der Waals surface area contributed by atoms with Gasteiger partial charge in [0.05, 0.1) is 5.84 Å². The molecular formula is C6H13N3O. The number of aliphatic imine (C=N–C) groups is 1. The molecule has 3 N–H and O–H groups in total. The first kappa shape index (κ1) is 8.94. The molecule has 0 bridgehead atoms. The number of amidine groups is 1. The molecule has 0 aromatic heterocycles. The molecule has 0 rings (SSSR count). The number of carbonyl (C=O) groups is 1. The highest BCUT2D eigenvalue weighted by molar-refractivity contribution is 5.85. The maximum absolute atomic E-state index is 10.8. The first-order valence-corrected chi connectivity index (χ1v) is 3.09. The second kappa shape index (κ2) is 3.87. The van der Waals surface area contributed by atoms with Crippen LogP contribution in [0.15, 0.2) is 4.99 Å². The van der Waals surface area contributed by atoms with Gasteiger partial charge in [0.1, 0.15) is 6.04 Å². The fourth-order valence-corrected chi connectivity index (χ4v) is 0.573. The van der Waals surface area contributed by atoms with Gasteiger partial charge in [-0.2, -0.15) is 0 Å². The topological polar surface area (TPSA) is 67.5 Å². The Bertz CT molecular complexity index is 149. The Hall–Kier alpha value is -1.06. The maximum Gasteiger partial charge on any atom is 0.244 e. The summed E-state index contributed by atoms with van der Waals surface area (Å²) in [5.41, 5.74) is 5.26. The van der Waals surface area contributed by atoms with Crippen molar-refractivity contribution in [1.29, 1.82) is 0 Å². The van der Waals surface area contributed by atoms with Gasteiger partial charge in [-0.1, -0.05) is 0 Å². The van der Waals surface area contributed by atoms with Crippen LogP contribution in [0.2, 0.25) is 0 Å². The number of rotatable bonds is 2. The highest BCUT2D eigenvalue weighted by Gasteiger charge is 2.07. The lowest BCUT2D eigenvalue weighted by Crippen LogP contribution is -2.29. The molecule has 0 spiro atoms. The van der Waals surface area contributed by atoms with Crippen LogP contribution in [0.5, 0.6) is 0 Å². The number of hydrogen-bond acceptors (Lipinski definition) is 2. The van der Waals surface area contributed by atoms with Gasteiger partial charge < -0.3 is 11.1 Å². The summed E-state index contributed by atoms with van der Waals surface area (Å²) in [6.45, 7) is 3.34. The van der Waals surface area contributed by atoms with E-state index in [1.54, 1.807) is 20.9 Å². The Morgan fingerprint density at radius 1 is 1.70 bits per heavy atom. The second-order valence-electron chi connectivity index (χ2n) is 2.06. The average molecular weight is 143 g/mol. The van der Waals surface area contributed by atoms with E-state index in [1.807, 2.05) is 0 Å². The smallest absolute Gasteiger partial charge is 0.244 e. The molecule has 4 heteroatoms. The average Bonchev–Trinajstić information content (AvgIpc) is 1.85. The molecule has 10 heavy (non-hydrogen) atoms. The largest absolute Gasteiger partial charge is 0.388 e. The number of nitrogens with zero attached hydrogens (tertiary/aromatic N) is 1. The Balaban J connectivity index is 3.96. The van der Waals surface area contributed by atoms with E-state index in [-0.39, 0.29) is 11.9 Å². The molecule has 0 aromatic carbocycles. The van der Waals surface area contributed by atoms with Crippen molar-refractivity contribution in [2.24, 2.45) is 10.7 Å². The van der Waals surface area contributed by atoms with Crippen molar-refractivity contribution in [1.82, 2.24) is 5.32 Å². The van der Waals surface area contributed by atoms with Gasteiger partial charge in [0, 0.05) is 7.05 Å². The highest BCUT2D eigenvalue weighted by atomic mass is 16.2. The lowest BCUT2D eigenvalue weighted by Gasteiger charge is -2.03. The van der Waals surface area contributed by atoms with Gasteiger partial charge in [0.25, 0.3) is 0 Å². The van der Waals surface area contributed by atoms with Gasteiger partial charge in [-0.05, 0) is 13.8 Å². The third kappa shape index (κ3) is 3.06. The molecule has 0 heterocycles. The van der Waals surface area contributed by atoms with Crippen molar-refractivity contribution in [3.05, 3.63) is 0 Å². The number of hydrogen-bond donors (Lipinski definition) is 2. The number of likely N-dealkylation sites (N-methyl/N-ethyl adjacent to an activating group) is 1. The molecule has 0 saturated heterocycles. The Kier molecular flexibility index (Phi) is 3.46. The minimum Gasteiger partial charge on any atom is -0.388 e. The van der Waals surface area contributed by atoms with Gasteiger partial charge in [0.15, 0.2) is 0 Å². The summed E-state index contributed by atoms with van der Waals surface area (Å²) < 4.78 is 0. The van der Waals surface area contributed by atoms with Gasteiger partial charge in [-0.15, -0.1) is 0 Å². The monoisotopic (exact) mass is 143 g/mol. The van der Waals surface area contributed by atoms with E-state index in [2.05, 4.69) is 10.3 Å². The number of nitrogens with two attached hydrogens (primary N) is 1. The van der Waals surface area contributed by atoms with Crippen LogP contribution in [0.3, 0.4) is 0 Å². The summed E-state index contributed by atoms with van der Waals surface area (Å²) in [5.74, 6) is 0.306. The molecule has 0 saturated carbocycles. The van der Waals surface area contributed by atoms with Crippen LogP contribution in [-0.4, -0.2) is 24.8 Å². The molecule has 0 fully saturated rings. The first-order valence-electron chi connectivity index (χ1n) is 3.09. The van der Waals surface area contributed by atoms with E-state index in [0.717, 1.165) is 0 Å². The van der Waals surface area contributed by atoms with E-state index < -0.39 is 0 Å². The molecular weight excluding hydrogens is 130 g/mol. The molecule has 1 unspecified atom stereocenters. The number of amides is 1. The van der Waals surface area contributed by atoms with E-state index >= 15 is 0 Å². The number of nitrogens with one attached hydrogen (secondary N) is 1. The van der Waals surface area contributed by atoms with Crippen molar-refractivity contribution in [2.75, 3.05) is 7.05 Å². The molecule has 58 valence electrons. The third-order valence-electron chi connectivity index (χ3n) is 1.02. The predicted octanol–water partition coefficient (Wildman–Crippen LogP) is -0.502. The van der Waals surface area contributed by atoms with Gasteiger partial charge >= 0.3 is 0 Å². The molecule has 0 aliphatic carbocycles. The summed E-state index contributed by atoms with van der Waals surface area (Å²) in [4.78, 5) is 14.6. The summed E-state index contributed by atoms with van der Waals surface area (Å²) in [6, 6.07) is -0.380. The molecule has 4 nitrogen and oxygen atoms in total. The van der Waals surface area contributed by atoms with Crippen LogP contribution in [0.4, 0.5) is 0 Å². The van der Waals surface area contributed by atoms with Gasteiger partial charge in [-0.25, -0.2) is 0 Å². The van der Waals surface area contributed by atoms with Crippen LogP contribution in [0.1, 0.15) is 13.8 Å². The van der Waals surface area contributed by atoms with Gasteiger partial charge in [0.2, 0.25) is 5.91 Å². The second-order valence-corrected chi connectivity index (χ2v) is 2.06. The minimum absolute atomic E-state index is 0.121. The highest BCUT2D eigenvalue weighted by Crippen LogP contribution is 1.87. The summed E-state index contributed by atoms with van der Waals surface area (Å²) in [7, 11) is 1.57. The zero-order valence-corrected chi connectivity index (χ0v) is 6.51. The molecule has 0 aliphatic rings. The molecule has 0 aromatic rings. The van der Waals surface area contributed by atoms with Crippen LogP contribution in [0.25, 0.3) is 0 Å². The summed E-state index contributed by atoms with van der Waals surface area (Å²) in [6.07, 6.45) is 0.